The van der Waals surface area contributed by atoms with E-state index in [0.717, 1.165) is 71.7 Å². The van der Waals surface area contributed by atoms with Crippen LogP contribution in [-0.2, 0) is 59.1 Å². The molecule has 2 aliphatic carbocycles. The summed E-state index contributed by atoms with van der Waals surface area (Å²) in [7, 11) is 1.41. The maximum atomic E-state index is 13.9. The van der Waals surface area contributed by atoms with Gasteiger partial charge >= 0.3 is 24.1 Å². The molecule has 0 unspecified atom stereocenters. The van der Waals surface area contributed by atoms with Crippen molar-refractivity contribution < 1.29 is 53.2 Å². The van der Waals surface area contributed by atoms with Crippen molar-refractivity contribution in [2.75, 3.05) is 26.8 Å². The second kappa shape index (κ2) is 28.8. The van der Waals surface area contributed by atoms with Crippen LogP contribution in [0, 0.1) is 11.8 Å². The molecule has 8 aromatic carbocycles. The Labute approximate surface area is 494 Å². The third kappa shape index (κ3) is 15.8. The summed E-state index contributed by atoms with van der Waals surface area (Å²) in [4.78, 5) is 91.4. The molecule has 4 N–H and O–H groups in total. The highest BCUT2D eigenvalue weighted by Gasteiger charge is 2.34. The molecule has 10 rings (SSSR count). The zero-order valence-electron chi connectivity index (χ0n) is 47.1. The van der Waals surface area contributed by atoms with Crippen LogP contribution in [0.3, 0.4) is 0 Å². The standard InChI is InChI=1S/C37H36N2O6.C34H31NO5/c1-39(23-35(41)42)36(43)27(20-25-12-4-2-5-13-25)22-34(40)33(21-26-14-6-3-7-15-26)38-37(44)45-24-32-30-18-10-8-16-28(30)29-17-9-11-19-31(29)32;36-32(21-25(33(37)38)19-23-11-3-1-4-12-23)31(20-24-13-5-2-6-14-24)35-34(39)40-22-30-28-17-9-7-15-26(28)27-16-8-10-18-29(27)30/h2-19,27,32-33H,20-24H2,1H3,(H,38,44)(H,41,42);1-18,25,30-31H,19-22H2,(H,35,39)(H,37,38)/t27-,33+;25-,31+/m11/s1. The lowest BCUT2D eigenvalue weighted by molar-refractivity contribution is -0.145. The summed E-state index contributed by atoms with van der Waals surface area (Å²) in [5.41, 5.74) is 12.2. The van der Waals surface area contributed by atoms with Crippen molar-refractivity contribution in [2.24, 2.45) is 11.8 Å². The van der Waals surface area contributed by atoms with Crippen molar-refractivity contribution in [1.29, 1.82) is 0 Å². The summed E-state index contributed by atoms with van der Waals surface area (Å²) >= 11 is 0. The number of amides is 3. The lowest BCUT2D eigenvalue weighted by atomic mass is 9.89. The Hall–Kier alpha value is -9.95. The number of carboxylic acids is 2. The Morgan fingerprint density at radius 3 is 1.04 bits per heavy atom. The van der Waals surface area contributed by atoms with E-state index in [1.165, 1.54) is 7.05 Å². The molecule has 14 heteroatoms. The van der Waals surface area contributed by atoms with Gasteiger partial charge in [0, 0.05) is 37.6 Å². The Kier molecular flexibility index (Phi) is 20.2. The topological polar surface area (TPSA) is 206 Å². The zero-order chi connectivity index (χ0) is 59.7. The minimum atomic E-state index is -1.14. The molecule has 0 spiro atoms. The van der Waals surface area contributed by atoms with E-state index in [2.05, 4.69) is 34.9 Å². The average molecular weight is 1140 g/mol. The first kappa shape index (κ1) is 59.7. The number of fused-ring (bicyclic) bond motifs is 6. The Balaban J connectivity index is 0.000000205. The summed E-state index contributed by atoms with van der Waals surface area (Å²) < 4.78 is 11.4. The first-order valence-electron chi connectivity index (χ1n) is 28.4. The average Bonchev–Trinajstić information content (AvgIpc) is 2.79. The lowest BCUT2D eigenvalue weighted by Gasteiger charge is -2.25. The van der Waals surface area contributed by atoms with E-state index >= 15 is 0 Å². The van der Waals surface area contributed by atoms with Gasteiger partial charge < -0.3 is 35.2 Å². The molecule has 0 fully saturated rings. The van der Waals surface area contributed by atoms with Crippen molar-refractivity contribution in [3.05, 3.63) is 263 Å². The molecule has 4 atom stereocenters. The number of benzene rings is 8. The summed E-state index contributed by atoms with van der Waals surface area (Å²) in [5, 5.41) is 24.6. The number of ketones is 2. The number of carboxylic acid groups (broad SMARTS) is 2. The minimum absolute atomic E-state index is 0.0984. The van der Waals surface area contributed by atoms with Crippen molar-refractivity contribution in [3.8, 4) is 22.3 Å². The van der Waals surface area contributed by atoms with Gasteiger partial charge in [0.2, 0.25) is 5.91 Å². The smallest absolute Gasteiger partial charge is 0.407 e. The molecule has 0 bridgehead atoms. The second-order valence-corrected chi connectivity index (χ2v) is 21.5. The number of alkyl carbamates (subject to hydrolysis) is 2. The van der Waals surface area contributed by atoms with Gasteiger partial charge in [0.15, 0.2) is 11.6 Å². The molecule has 3 amide bonds. The number of ether oxygens (including phenoxy) is 2. The monoisotopic (exact) mass is 1140 g/mol. The van der Waals surface area contributed by atoms with Crippen LogP contribution >= 0.6 is 0 Å². The van der Waals surface area contributed by atoms with E-state index in [-0.39, 0.29) is 75.1 Å². The fourth-order valence-corrected chi connectivity index (χ4v) is 11.4. The molecule has 432 valence electrons. The lowest BCUT2D eigenvalue weighted by Crippen LogP contribution is -2.45. The van der Waals surface area contributed by atoms with Crippen LogP contribution in [0.5, 0.6) is 0 Å². The summed E-state index contributed by atoms with van der Waals surface area (Å²) in [6, 6.07) is 67.5. The highest BCUT2D eigenvalue weighted by atomic mass is 16.6. The molecule has 0 aromatic heterocycles. The minimum Gasteiger partial charge on any atom is -0.481 e. The first-order valence-corrected chi connectivity index (χ1v) is 28.4. The van der Waals surface area contributed by atoms with Crippen molar-refractivity contribution >= 4 is 41.6 Å². The summed E-state index contributed by atoms with van der Waals surface area (Å²) in [5.74, 6) is -5.29. The summed E-state index contributed by atoms with van der Waals surface area (Å²) in [6.07, 6.45) is -0.887. The van der Waals surface area contributed by atoms with Gasteiger partial charge in [0.1, 0.15) is 19.8 Å². The number of Topliss-reactive ketones (excluding diaryl/α,β-unsaturated/α-hetero) is 2. The van der Waals surface area contributed by atoms with Gasteiger partial charge in [-0.2, -0.15) is 0 Å². The zero-order valence-corrected chi connectivity index (χ0v) is 47.1. The van der Waals surface area contributed by atoms with Crippen LogP contribution in [0.2, 0.25) is 0 Å². The third-order valence-electron chi connectivity index (χ3n) is 15.6. The summed E-state index contributed by atoms with van der Waals surface area (Å²) in [6.45, 7) is -0.261. The van der Waals surface area contributed by atoms with Crippen LogP contribution in [0.25, 0.3) is 22.3 Å². The molecular formula is C71H67N3O11. The van der Waals surface area contributed by atoms with Gasteiger partial charge in [0.05, 0.1) is 18.0 Å². The molecule has 0 saturated heterocycles. The van der Waals surface area contributed by atoms with E-state index in [0.29, 0.717) is 0 Å². The Morgan fingerprint density at radius 2 is 0.706 bits per heavy atom. The maximum Gasteiger partial charge on any atom is 0.407 e. The van der Waals surface area contributed by atoms with E-state index in [1.54, 1.807) is 0 Å². The molecule has 85 heavy (non-hydrogen) atoms. The number of hydrogen-bond acceptors (Lipinski definition) is 9. The largest absolute Gasteiger partial charge is 0.481 e. The Bertz CT molecular complexity index is 3530. The molecule has 14 nitrogen and oxygen atoms in total. The first-order chi connectivity index (χ1) is 41.3. The molecule has 8 aromatic rings. The number of likely N-dealkylation sites (N-methyl/N-ethyl adjacent to an activating group) is 1. The molecule has 0 heterocycles. The highest BCUT2D eigenvalue weighted by molar-refractivity contribution is 5.93. The van der Waals surface area contributed by atoms with E-state index in [9.17, 15) is 43.8 Å². The van der Waals surface area contributed by atoms with Gasteiger partial charge in [-0.1, -0.05) is 218 Å². The Morgan fingerprint density at radius 1 is 0.412 bits per heavy atom. The molecule has 0 radical (unpaired) electrons. The number of nitrogens with one attached hydrogen (secondary N) is 2. The fourth-order valence-electron chi connectivity index (χ4n) is 11.4. The van der Waals surface area contributed by atoms with Gasteiger partial charge in [-0.3, -0.25) is 24.0 Å². The van der Waals surface area contributed by atoms with Gasteiger partial charge in [-0.05, 0) is 92.4 Å². The van der Waals surface area contributed by atoms with Gasteiger partial charge in [-0.15, -0.1) is 0 Å². The number of hydrogen-bond donors (Lipinski definition) is 4. The highest BCUT2D eigenvalue weighted by Crippen LogP contribution is 2.46. The van der Waals surface area contributed by atoms with Crippen molar-refractivity contribution in [1.82, 2.24) is 15.5 Å². The van der Waals surface area contributed by atoms with E-state index in [1.807, 2.05) is 194 Å². The fraction of sp³-hybridized carbons (Fsp3) is 0.225. The van der Waals surface area contributed by atoms with Crippen molar-refractivity contribution in [3.63, 3.8) is 0 Å². The molecule has 0 aliphatic heterocycles. The number of aliphatic carboxylic acids is 2. The third-order valence-corrected chi connectivity index (χ3v) is 15.6. The normalized spacial score (nSPS) is 13.3. The van der Waals surface area contributed by atoms with Crippen LogP contribution in [-0.4, -0.2) is 95.6 Å². The number of nitrogens with zero attached hydrogens (tertiary/aromatic N) is 1. The maximum absolute atomic E-state index is 13.9. The van der Waals surface area contributed by atoms with Gasteiger partial charge in [-0.25, -0.2) is 9.59 Å². The number of carbonyl (C=O) groups excluding carboxylic acids is 5. The van der Waals surface area contributed by atoms with E-state index in [4.69, 9.17) is 9.47 Å². The molecular weight excluding hydrogens is 1070 g/mol. The predicted molar refractivity (Wildman–Crippen MR) is 324 cm³/mol. The predicted octanol–water partition coefficient (Wildman–Crippen LogP) is 11.5. The second-order valence-electron chi connectivity index (χ2n) is 21.5. The van der Waals surface area contributed by atoms with Crippen LogP contribution in [0.1, 0.15) is 69.2 Å². The van der Waals surface area contributed by atoms with Gasteiger partial charge in [0.25, 0.3) is 0 Å². The van der Waals surface area contributed by atoms with Crippen LogP contribution < -0.4 is 10.6 Å². The molecule has 0 saturated carbocycles. The number of carbonyl (C=O) groups is 7. The van der Waals surface area contributed by atoms with Crippen LogP contribution in [0.4, 0.5) is 9.59 Å². The van der Waals surface area contributed by atoms with Crippen LogP contribution in [0.15, 0.2) is 218 Å². The van der Waals surface area contributed by atoms with Crippen molar-refractivity contribution in [2.45, 2.75) is 62.4 Å². The number of rotatable bonds is 24. The van der Waals surface area contributed by atoms with E-state index < -0.39 is 60.5 Å². The quantitative estimate of drug-likeness (QED) is 0.0448. The SMILES string of the molecule is CN(CC(=O)O)C(=O)[C@@H](CC(=O)[C@H](Cc1ccccc1)NC(=O)OCC1c2ccccc2-c2ccccc21)Cc1ccccc1.O=C(N[C@@H](Cc1ccccc1)C(=O)C[C@@H](Cc1ccccc1)C(=O)O)OCC1c2ccccc2-c2ccccc21. The molecule has 2 aliphatic rings.